The third-order valence-corrected chi connectivity index (χ3v) is 35.3. The van der Waals surface area contributed by atoms with Gasteiger partial charge in [-0.2, -0.15) is 0 Å². The molecule has 48 nitrogen and oxygen atoms in total. The van der Waals surface area contributed by atoms with Gasteiger partial charge in [0.15, 0.2) is 62.5 Å². The number of ether oxygens (including phenoxy) is 18. The molecule has 0 aromatic carbocycles. The van der Waals surface area contributed by atoms with Gasteiger partial charge < -0.3 is 223 Å². The topological polar surface area (TPSA) is 752 Å². The summed E-state index contributed by atoms with van der Waals surface area (Å²) in [7, 11) is 0. The van der Waals surface area contributed by atoms with Gasteiger partial charge in [0.1, 0.15) is 171 Å². The first-order chi connectivity index (χ1) is 68.1. The molecule has 4 saturated carbocycles. The minimum Gasteiger partial charge on any atom is -0.432 e. The molecule has 53 atom stereocenters. The van der Waals surface area contributed by atoms with Crippen LogP contribution in [0.15, 0.2) is 11.6 Å². The van der Waals surface area contributed by atoms with Crippen molar-refractivity contribution < 1.29 is 232 Å². The molecule has 0 aromatic heterocycles. The maximum absolute atomic E-state index is 16.9. The maximum Gasteiger partial charge on any atom is 0.317 e. The van der Waals surface area contributed by atoms with E-state index in [4.69, 9.17) is 85.3 Å². The number of allylic oxidation sites excluding steroid dienone is 2. The molecular formula is C97H158NO47. The van der Waals surface area contributed by atoms with Crippen molar-refractivity contribution in [2.24, 2.45) is 68.0 Å². The van der Waals surface area contributed by atoms with Gasteiger partial charge in [-0.1, -0.05) is 93.7 Å². The minimum atomic E-state index is -2.60. The highest BCUT2D eigenvalue weighted by Crippen LogP contribution is 2.76. The molecule has 5 aliphatic carbocycles. The second-order valence-corrected chi connectivity index (χ2v) is 45.2. The van der Waals surface area contributed by atoms with Crippen LogP contribution < -0.4 is 5.32 Å². The van der Waals surface area contributed by atoms with E-state index in [0.717, 1.165) is 18.5 Å². The van der Waals surface area contributed by atoms with Crippen LogP contribution in [0.4, 0.5) is 0 Å². The summed E-state index contributed by atoms with van der Waals surface area (Å²) in [4.78, 5) is 60.6. The Kier molecular flexibility index (Phi) is 37.4. The van der Waals surface area contributed by atoms with Gasteiger partial charge in [0.05, 0.1) is 100 Å². The molecule has 0 aromatic rings. The first-order valence-corrected chi connectivity index (χ1v) is 51.0. The molecule has 9 aliphatic heterocycles. The predicted octanol–water partition coefficient (Wildman–Crippen LogP) is -6.96. The standard InChI is InChI=1S/C97H158NO47/c1-13-39(3)43(23-44(103)25-46(105)26-52(40(4)14-2)135-88-79(123)97(126,127)38-132-88)24-45(104)27-59(110)98-60-53(30-99)136-86(77(75(60)142-82-68(118)64(114)61(111)41(5)133-82)144-83-70(120)66(116)72(42(6)134-83)139-81-71(121)73(50(107)33-129-81)140-87-78(122)95(125,36-102)37-131-87)145-89(124)96-22-21-90(7,8)28-48(96)47-15-16-56-91(9)19-18-58(92(10,35-101)55(91)17-20-93(56,11)94(47,12)29-57(96)109)138-85-76(143-84-69(119)65(115)63(113)54(31-100)137-84)74(51(108)34-130-85)141-80-67(117)62(112)49(106)32-128-80/h15,34-35,39-43,45-46,48-58,60-88,99-100,102,104-109,111-123,125-127H,13-14,16-33,36-38H2,1-12H3,(H,98,110)/t39-,40-,41?,42?,43+,45+,46-,48?,49+,50-,51+,52+,53?,54?,55-,56?,57?,58+,60-,61+,62+,63+,64-,65+,66?,67?,68?,69?,70+,71-,72-,73?,74+,75?,76?,77-,78?,79?,80+,81-,82+,83-,84+,85+,86-,87-,88-,91?,92-,93+,94-,95+,96-/m1/s1. The zero-order valence-corrected chi connectivity index (χ0v) is 83.8. The highest BCUT2D eigenvalue weighted by molar-refractivity contribution is 5.81. The van der Waals surface area contributed by atoms with E-state index in [0.29, 0.717) is 44.9 Å². The third kappa shape index (κ3) is 22.9. The first kappa shape index (κ1) is 117. The van der Waals surface area contributed by atoms with Crippen molar-refractivity contribution in [3.05, 3.63) is 18.3 Å². The average Bonchev–Trinajstić information content (AvgIpc) is 0.945. The van der Waals surface area contributed by atoms with E-state index in [1.165, 1.54) is 13.8 Å². The monoisotopic (exact) mass is 2090 g/mol. The lowest BCUT2D eigenvalue weighted by molar-refractivity contribution is -0.386. The fourth-order valence-corrected chi connectivity index (χ4v) is 25.6. The molecule has 9 saturated heterocycles. The van der Waals surface area contributed by atoms with Crippen LogP contribution in [-0.4, -0.2) is 461 Å². The molecule has 14 rings (SSSR count). The molecule has 14 aliphatic rings. The number of esters is 1. The fraction of sp³-hybridized carbons (Fsp3) is 0.928. The Labute approximate surface area is 839 Å². The number of aliphatic hydroxyl groups is 25. The van der Waals surface area contributed by atoms with Gasteiger partial charge >= 0.3 is 5.97 Å². The lowest BCUT2D eigenvalue weighted by Gasteiger charge is -2.71. The summed E-state index contributed by atoms with van der Waals surface area (Å²) in [5.41, 5.74) is -7.81. The molecule has 833 valence electrons. The summed E-state index contributed by atoms with van der Waals surface area (Å²) < 4.78 is 110. The van der Waals surface area contributed by atoms with E-state index in [-0.39, 0.29) is 62.7 Å². The molecule has 0 bridgehead atoms. The number of aldehydes is 1. The Hall–Kier alpha value is -3.66. The van der Waals surface area contributed by atoms with Gasteiger partial charge in [-0.05, 0) is 135 Å². The third-order valence-electron chi connectivity index (χ3n) is 35.3. The van der Waals surface area contributed by atoms with Crippen molar-refractivity contribution in [3.8, 4) is 0 Å². The number of Topliss-reactive ketones (excluding diaryl/α,β-unsaturated/α-hetero) is 1. The summed E-state index contributed by atoms with van der Waals surface area (Å²) in [6.45, 7) is 17.6. The van der Waals surface area contributed by atoms with Crippen molar-refractivity contribution >= 4 is 23.9 Å². The van der Waals surface area contributed by atoms with E-state index in [9.17, 15) is 137 Å². The lowest BCUT2D eigenvalue weighted by Crippen LogP contribution is -2.71. The largest absolute Gasteiger partial charge is 0.432 e. The van der Waals surface area contributed by atoms with E-state index < -0.39 is 390 Å². The Balaban J connectivity index is 0.758. The molecule has 26 N–H and O–H groups in total. The number of aliphatic hydroxyl groups excluding tert-OH is 22. The summed E-state index contributed by atoms with van der Waals surface area (Å²) in [5, 5.41) is 284. The van der Waals surface area contributed by atoms with Gasteiger partial charge in [-0.25, -0.2) is 0 Å². The molecule has 13 fully saturated rings. The van der Waals surface area contributed by atoms with E-state index in [2.05, 4.69) is 32.2 Å². The molecule has 0 spiro atoms. The highest BCUT2D eigenvalue weighted by atomic mass is 16.8. The highest BCUT2D eigenvalue weighted by Gasteiger charge is 2.74. The molecule has 9 heterocycles. The number of fused-ring (bicyclic) bond motifs is 7. The number of rotatable bonds is 37. The van der Waals surface area contributed by atoms with Crippen LogP contribution >= 0.6 is 0 Å². The zero-order valence-electron chi connectivity index (χ0n) is 83.8. The van der Waals surface area contributed by atoms with Crippen LogP contribution in [0, 0.1) is 74.6 Å². The van der Waals surface area contributed by atoms with Crippen molar-refractivity contribution in [1.82, 2.24) is 5.32 Å². The van der Waals surface area contributed by atoms with Gasteiger partial charge in [0.25, 0.3) is 0 Å². The van der Waals surface area contributed by atoms with Gasteiger partial charge in [-0.3, -0.25) is 14.4 Å². The molecule has 48 heteroatoms. The Morgan fingerprint density at radius 2 is 1.09 bits per heavy atom. The van der Waals surface area contributed by atoms with Crippen molar-refractivity contribution in [1.29, 1.82) is 0 Å². The SMILES string of the molecule is CC[C@@H](C)[C@@H](CC(=O)C[C@@H](O)C[C@H](O[C@H]1OCC(O)(O)C1O)[C@H](C)CC)C[C@H](O)CC(=O)N[C@@H]1C(CO)O[C@H](OC(=O)[C@]23CCC(C)(C)CC2C2=CCC4C5(C)CC[C@H](O[C@@H]6O[CH][C@H](O)[C@H](O[C@@H]7OC[C@H](O)[C@H](O)C7O)C6O[C@@H]6OC(CO)[C@H](O)[C@H](O)C6O)[C@](C)(C=O)[C@@H]5CC[C@]4(C)[C@]2(C)CC3O)[C@H](O[C@H]2OC(C)[C@@H](O[C@H]3OC[C@@H](O)C(O[C@H]4OC[C@@](O)(CO)C4O)[C@H]3O)C(O)[C@@H]2O)C1O[C@@H]1OC(C)[C@H](O)[C@@H](O)C1O. The normalized spacial score (nSPS) is 49.1. The van der Waals surface area contributed by atoms with Crippen molar-refractivity contribution in [3.63, 3.8) is 0 Å². The molecule has 145 heavy (non-hydrogen) atoms. The Bertz CT molecular complexity index is 4300. The van der Waals surface area contributed by atoms with Crippen LogP contribution in [0.3, 0.4) is 0 Å². The van der Waals surface area contributed by atoms with Crippen LogP contribution in [0.1, 0.15) is 186 Å². The number of hydrogen-bond acceptors (Lipinski definition) is 47. The van der Waals surface area contributed by atoms with Crippen molar-refractivity contribution in [2.75, 3.05) is 46.2 Å². The van der Waals surface area contributed by atoms with Crippen LogP contribution in [0.5, 0.6) is 0 Å². The summed E-state index contributed by atoms with van der Waals surface area (Å²) in [6.07, 6.45) is -67.3. The number of amides is 1. The second kappa shape index (κ2) is 46.4. The number of hydrogen-bond donors (Lipinski definition) is 26. The smallest absolute Gasteiger partial charge is 0.317 e. The second-order valence-electron chi connectivity index (χ2n) is 45.2. The number of ketones is 1. The van der Waals surface area contributed by atoms with Crippen LogP contribution in [0.25, 0.3) is 0 Å². The summed E-state index contributed by atoms with van der Waals surface area (Å²) >= 11 is 0. The summed E-state index contributed by atoms with van der Waals surface area (Å²) in [6, 6.07) is -1.86. The van der Waals surface area contributed by atoms with Gasteiger partial charge in [0.2, 0.25) is 18.0 Å². The number of nitrogens with one attached hydrogen (secondary N) is 1. The lowest BCUT2D eigenvalue weighted by atomic mass is 9.33. The van der Waals surface area contributed by atoms with Crippen LogP contribution in [0.2, 0.25) is 0 Å². The number of carbonyl (C=O) groups excluding carboxylic acids is 4. The van der Waals surface area contributed by atoms with E-state index >= 15 is 9.59 Å². The quantitative estimate of drug-likeness (QED) is 0.00904. The average molecular weight is 2090 g/mol. The molecule has 1 radical (unpaired) electrons. The Morgan fingerprint density at radius 1 is 0.517 bits per heavy atom. The number of carbonyl (C=O) groups is 4. The van der Waals surface area contributed by atoms with Crippen LogP contribution in [-0.2, 0) is 104 Å². The molecular weight excluding hydrogens is 1930 g/mol. The molecule has 1 amide bonds. The van der Waals surface area contributed by atoms with Crippen molar-refractivity contribution in [2.45, 2.75) is 449 Å². The van der Waals surface area contributed by atoms with Gasteiger partial charge in [0, 0.05) is 19.3 Å². The van der Waals surface area contributed by atoms with Gasteiger partial charge in [-0.15, -0.1) is 0 Å². The zero-order chi connectivity index (χ0) is 106. The first-order valence-electron chi connectivity index (χ1n) is 51.0. The Morgan fingerprint density at radius 3 is 1.72 bits per heavy atom. The maximum atomic E-state index is 16.9. The molecule has 17 unspecified atom stereocenters. The minimum absolute atomic E-state index is 0.0541. The fourth-order valence-electron chi connectivity index (χ4n) is 25.6. The van der Waals surface area contributed by atoms with E-state index in [1.54, 1.807) is 13.8 Å². The predicted molar refractivity (Wildman–Crippen MR) is 484 cm³/mol. The van der Waals surface area contributed by atoms with E-state index in [1.807, 2.05) is 34.6 Å². The summed E-state index contributed by atoms with van der Waals surface area (Å²) in [5.74, 6) is -8.07.